The molecule has 4 aromatic rings. The summed E-state index contributed by atoms with van der Waals surface area (Å²) in [5.41, 5.74) is 7.41. The zero-order chi connectivity index (χ0) is 26.4. The molecule has 38 heavy (non-hydrogen) atoms. The van der Waals surface area contributed by atoms with Gasteiger partial charge in [0, 0.05) is 5.56 Å². The maximum absolute atomic E-state index is 14.0. The van der Waals surface area contributed by atoms with Crippen LogP contribution in [0, 0.1) is 6.92 Å². The second kappa shape index (κ2) is 9.65. The number of hydrogen-bond donors (Lipinski definition) is 0. The third kappa shape index (κ3) is 3.94. The molecular weight excluding hydrogens is 496 g/mol. The summed E-state index contributed by atoms with van der Waals surface area (Å²) in [6.07, 6.45) is 3.66. The molecule has 192 valence electrons. The van der Waals surface area contributed by atoms with Crippen LogP contribution >= 0.6 is 11.3 Å². The van der Waals surface area contributed by atoms with Gasteiger partial charge in [-0.3, -0.25) is 9.36 Å². The van der Waals surface area contributed by atoms with Gasteiger partial charge in [0.2, 0.25) is 0 Å². The first-order valence-electron chi connectivity index (χ1n) is 12.5. The summed E-state index contributed by atoms with van der Waals surface area (Å²) in [7, 11) is 4.91. The third-order valence-electron chi connectivity index (χ3n) is 7.33. The zero-order valence-electron chi connectivity index (χ0n) is 21.8. The zero-order valence-corrected chi connectivity index (χ0v) is 22.6. The third-order valence-corrected chi connectivity index (χ3v) is 8.31. The molecule has 7 heteroatoms. The van der Waals surface area contributed by atoms with Crippen LogP contribution in [-0.4, -0.2) is 25.9 Å². The minimum Gasteiger partial charge on any atom is -0.496 e. The van der Waals surface area contributed by atoms with Gasteiger partial charge in [-0.05, 0) is 71.9 Å². The number of methoxy groups -OCH3 is 3. The second-order valence-corrected chi connectivity index (χ2v) is 10.5. The number of benzene rings is 3. The lowest BCUT2D eigenvalue weighted by Gasteiger charge is -2.31. The lowest BCUT2D eigenvalue weighted by molar-refractivity contribution is 0.354. The SMILES string of the molecule is COc1cc(/C=c2/sc3n(c2=O)[C@@H](c2ccc(OC)c(OC)c2)C2=C(N=3)c3ccccc3CC2)ccc1C. The summed E-state index contributed by atoms with van der Waals surface area (Å²) in [6, 6.07) is 20.0. The fourth-order valence-corrected chi connectivity index (χ4v) is 6.42. The standard InChI is InChI=1S/C31H28N2O4S/c1-18-9-10-19(15-25(18)36-3)16-27-30(34)33-29(21-12-14-24(35-2)26(17-21)37-4)23-13-11-20-7-5-6-8-22(20)28(23)32-31(33)38-27/h5-10,12,14-17,29H,11,13H2,1-4H3/b27-16+/t29-/m0/s1. The van der Waals surface area contributed by atoms with Crippen LogP contribution < -0.4 is 29.1 Å². The van der Waals surface area contributed by atoms with E-state index in [0.29, 0.717) is 20.8 Å². The van der Waals surface area contributed by atoms with Gasteiger partial charge in [-0.15, -0.1) is 0 Å². The highest BCUT2D eigenvalue weighted by Crippen LogP contribution is 2.42. The van der Waals surface area contributed by atoms with Crippen molar-refractivity contribution >= 4 is 23.1 Å². The summed E-state index contributed by atoms with van der Waals surface area (Å²) in [5, 5.41) is 0. The van der Waals surface area contributed by atoms with Crippen LogP contribution in [0.15, 0.2) is 76.0 Å². The predicted molar refractivity (Wildman–Crippen MR) is 150 cm³/mol. The van der Waals surface area contributed by atoms with Gasteiger partial charge < -0.3 is 14.2 Å². The molecule has 0 saturated carbocycles. The first-order chi connectivity index (χ1) is 18.5. The molecule has 0 spiro atoms. The van der Waals surface area contributed by atoms with Gasteiger partial charge in [0.25, 0.3) is 5.56 Å². The molecule has 0 fully saturated rings. The van der Waals surface area contributed by atoms with Crippen LogP contribution in [0.3, 0.4) is 0 Å². The summed E-state index contributed by atoms with van der Waals surface area (Å²) < 4.78 is 19.1. The first-order valence-corrected chi connectivity index (χ1v) is 13.3. The molecule has 0 N–H and O–H groups in total. The Morgan fingerprint density at radius 3 is 2.50 bits per heavy atom. The molecule has 1 aliphatic carbocycles. The van der Waals surface area contributed by atoms with Crippen LogP contribution in [-0.2, 0) is 6.42 Å². The molecule has 0 radical (unpaired) electrons. The summed E-state index contributed by atoms with van der Waals surface area (Å²) in [5.74, 6) is 2.08. The van der Waals surface area contributed by atoms with Gasteiger partial charge in [-0.2, -0.15) is 0 Å². The number of fused-ring (bicyclic) bond motifs is 3. The van der Waals surface area contributed by atoms with Crippen molar-refractivity contribution in [3.05, 3.63) is 114 Å². The van der Waals surface area contributed by atoms with Gasteiger partial charge in [-0.1, -0.05) is 53.8 Å². The summed E-state index contributed by atoms with van der Waals surface area (Å²) in [6.45, 7) is 2.00. The fourth-order valence-electron chi connectivity index (χ4n) is 5.42. The predicted octanol–water partition coefficient (Wildman–Crippen LogP) is 4.65. The molecule has 1 aromatic heterocycles. The largest absolute Gasteiger partial charge is 0.496 e. The summed E-state index contributed by atoms with van der Waals surface area (Å²) >= 11 is 1.42. The van der Waals surface area contributed by atoms with Crippen molar-refractivity contribution in [1.82, 2.24) is 4.57 Å². The highest BCUT2D eigenvalue weighted by molar-refractivity contribution is 7.07. The van der Waals surface area contributed by atoms with E-state index in [9.17, 15) is 4.79 Å². The van der Waals surface area contributed by atoms with E-state index in [2.05, 4.69) is 24.3 Å². The Morgan fingerprint density at radius 1 is 0.921 bits per heavy atom. The van der Waals surface area contributed by atoms with E-state index in [1.165, 1.54) is 16.9 Å². The molecule has 0 saturated heterocycles. The van der Waals surface area contributed by atoms with E-state index < -0.39 is 0 Å². The first kappa shape index (κ1) is 24.2. The molecule has 2 heterocycles. The Labute approximate surface area is 224 Å². The monoisotopic (exact) mass is 524 g/mol. The molecule has 1 atom stereocenters. The van der Waals surface area contributed by atoms with Gasteiger partial charge >= 0.3 is 0 Å². The smallest absolute Gasteiger partial charge is 0.271 e. The molecule has 2 aliphatic rings. The minimum atomic E-state index is -0.288. The Balaban J connectivity index is 1.60. The quantitative estimate of drug-likeness (QED) is 0.381. The number of nitrogens with zero attached hydrogens (tertiary/aromatic N) is 2. The Kier molecular flexibility index (Phi) is 6.16. The highest BCUT2D eigenvalue weighted by Gasteiger charge is 2.33. The van der Waals surface area contributed by atoms with Crippen molar-refractivity contribution in [3.63, 3.8) is 0 Å². The van der Waals surface area contributed by atoms with Gasteiger partial charge in [0.1, 0.15) is 5.75 Å². The van der Waals surface area contributed by atoms with Crippen molar-refractivity contribution < 1.29 is 14.2 Å². The Morgan fingerprint density at radius 2 is 1.71 bits per heavy atom. The van der Waals surface area contributed by atoms with Crippen LogP contribution in [0.2, 0.25) is 0 Å². The van der Waals surface area contributed by atoms with Gasteiger partial charge in [0.15, 0.2) is 16.3 Å². The van der Waals surface area contributed by atoms with Gasteiger partial charge in [0.05, 0.1) is 37.6 Å². The second-order valence-electron chi connectivity index (χ2n) is 9.46. The molecule has 0 amide bonds. The normalized spacial score (nSPS) is 16.3. The van der Waals surface area contributed by atoms with Gasteiger partial charge in [-0.25, -0.2) is 4.99 Å². The number of hydrogen-bond acceptors (Lipinski definition) is 6. The Hall–Kier alpha value is -4.10. The molecule has 0 unspecified atom stereocenters. The maximum atomic E-state index is 14.0. The number of ether oxygens (including phenoxy) is 3. The van der Waals surface area contributed by atoms with E-state index in [4.69, 9.17) is 19.2 Å². The minimum absolute atomic E-state index is 0.0570. The average molecular weight is 525 g/mol. The number of aromatic nitrogens is 1. The molecule has 6 rings (SSSR count). The lowest BCUT2D eigenvalue weighted by Crippen LogP contribution is -2.38. The molecular formula is C31H28N2O4S. The molecule has 0 bridgehead atoms. The number of aryl methyl sites for hydroxylation is 2. The van der Waals surface area contributed by atoms with Crippen LogP contribution in [0.5, 0.6) is 17.2 Å². The molecule has 6 nitrogen and oxygen atoms in total. The maximum Gasteiger partial charge on any atom is 0.271 e. The lowest BCUT2D eigenvalue weighted by atomic mass is 9.83. The van der Waals surface area contributed by atoms with E-state index in [0.717, 1.165) is 52.1 Å². The van der Waals surface area contributed by atoms with Crippen molar-refractivity contribution in [2.75, 3.05) is 21.3 Å². The Bertz CT molecular complexity index is 1780. The fraction of sp³-hybridized carbons (Fsp3) is 0.226. The number of allylic oxidation sites excluding steroid dienone is 1. The molecule has 1 aliphatic heterocycles. The van der Waals surface area contributed by atoms with Crippen molar-refractivity contribution in [2.24, 2.45) is 4.99 Å². The van der Waals surface area contributed by atoms with E-state index in [-0.39, 0.29) is 11.6 Å². The average Bonchev–Trinajstić information content (AvgIpc) is 3.26. The summed E-state index contributed by atoms with van der Waals surface area (Å²) in [4.78, 5) is 19.8. The van der Waals surface area contributed by atoms with E-state index in [1.807, 2.05) is 54.0 Å². The molecule has 3 aromatic carbocycles. The van der Waals surface area contributed by atoms with E-state index in [1.54, 1.807) is 21.3 Å². The highest BCUT2D eigenvalue weighted by atomic mass is 32.1. The topological polar surface area (TPSA) is 62.0 Å². The van der Waals surface area contributed by atoms with E-state index >= 15 is 0 Å². The van der Waals surface area contributed by atoms with Crippen LogP contribution in [0.25, 0.3) is 11.8 Å². The van der Waals surface area contributed by atoms with Crippen molar-refractivity contribution in [2.45, 2.75) is 25.8 Å². The van der Waals surface area contributed by atoms with Crippen LogP contribution in [0.1, 0.15) is 40.3 Å². The van der Waals surface area contributed by atoms with Crippen molar-refractivity contribution in [1.29, 1.82) is 0 Å². The number of thiazole rings is 1. The van der Waals surface area contributed by atoms with Crippen molar-refractivity contribution in [3.8, 4) is 17.2 Å². The number of rotatable bonds is 5. The van der Waals surface area contributed by atoms with Crippen LogP contribution in [0.4, 0.5) is 0 Å².